The first-order valence-electron chi connectivity index (χ1n) is 6.92. The zero-order valence-electron chi connectivity index (χ0n) is 10.9. The highest BCUT2D eigenvalue weighted by molar-refractivity contribution is 5.93. The van der Waals surface area contributed by atoms with Crippen LogP contribution in [0.3, 0.4) is 0 Å². The molecule has 0 unspecified atom stereocenters. The van der Waals surface area contributed by atoms with Crippen LogP contribution < -0.4 is 4.90 Å². The minimum Gasteiger partial charge on any atom is -0.478 e. The molecule has 0 aromatic carbocycles. The summed E-state index contributed by atoms with van der Waals surface area (Å²) in [6, 6.07) is 1.84. The van der Waals surface area contributed by atoms with Gasteiger partial charge in [-0.3, -0.25) is 0 Å². The van der Waals surface area contributed by atoms with Gasteiger partial charge in [0.2, 0.25) is 0 Å². The molecule has 1 N–H and O–H groups in total. The van der Waals surface area contributed by atoms with Crippen LogP contribution in [0.25, 0.3) is 0 Å². The maximum Gasteiger partial charge on any atom is 0.339 e. The molecule has 0 saturated heterocycles. The molecule has 0 saturated carbocycles. The van der Waals surface area contributed by atoms with Crippen LogP contribution in [0.2, 0.25) is 0 Å². The van der Waals surface area contributed by atoms with Crippen LogP contribution in [0.1, 0.15) is 40.9 Å². The van der Waals surface area contributed by atoms with Crippen molar-refractivity contribution in [1.82, 2.24) is 4.98 Å². The van der Waals surface area contributed by atoms with E-state index in [-0.39, 0.29) is 0 Å². The smallest absolute Gasteiger partial charge is 0.339 e. The number of aryl methyl sites for hydroxylation is 2. The molecule has 0 bridgehead atoms. The normalized spacial score (nSPS) is 18.2. The van der Waals surface area contributed by atoms with E-state index in [2.05, 4.69) is 22.0 Å². The van der Waals surface area contributed by atoms with Gasteiger partial charge in [-0.05, 0) is 43.7 Å². The van der Waals surface area contributed by atoms with E-state index in [9.17, 15) is 9.90 Å². The zero-order valence-corrected chi connectivity index (χ0v) is 10.9. The Balaban J connectivity index is 2.05. The van der Waals surface area contributed by atoms with Gasteiger partial charge in [0, 0.05) is 18.8 Å². The molecule has 1 aromatic heterocycles. The topological polar surface area (TPSA) is 53.4 Å². The van der Waals surface area contributed by atoms with Crippen molar-refractivity contribution in [3.05, 3.63) is 35.0 Å². The first-order chi connectivity index (χ1) is 9.25. The van der Waals surface area contributed by atoms with E-state index in [0.717, 1.165) is 56.5 Å². The predicted molar refractivity (Wildman–Crippen MR) is 73.8 cm³/mol. The average molecular weight is 258 g/mol. The van der Waals surface area contributed by atoms with Crippen LogP contribution in [0.15, 0.2) is 18.2 Å². The van der Waals surface area contributed by atoms with Crippen molar-refractivity contribution >= 4 is 11.8 Å². The molecule has 4 nitrogen and oxygen atoms in total. The molecule has 2 aliphatic rings. The van der Waals surface area contributed by atoms with Gasteiger partial charge in [-0.15, -0.1) is 0 Å². The van der Waals surface area contributed by atoms with E-state index in [4.69, 9.17) is 0 Å². The van der Waals surface area contributed by atoms with E-state index in [0.29, 0.717) is 11.4 Å². The molecule has 1 aliphatic heterocycles. The number of pyridine rings is 1. The number of hydrogen-bond acceptors (Lipinski definition) is 3. The van der Waals surface area contributed by atoms with Gasteiger partial charge in [-0.25, -0.2) is 9.78 Å². The fourth-order valence-electron chi connectivity index (χ4n) is 2.85. The van der Waals surface area contributed by atoms with E-state index < -0.39 is 5.97 Å². The lowest BCUT2D eigenvalue weighted by molar-refractivity contribution is 0.0697. The van der Waals surface area contributed by atoms with Crippen molar-refractivity contribution in [1.29, 1.82) is 0 Å². The summed E-state index contributed by atoms with van der Waals surface area (Å²) >= 11 is 0. The van der Waals surface area contributed by atoms with Crippen molar-refractivity contribution in [3.8, 4) is 0 Å². The fraction of sp³-hybridized carbons (Fsp3) is 0.467. The monoisotopic (exact) mass is 258 g/mol. The predicted octanol–water partition coefficient (Wildman–Crippen LogP) is 2.42. The second-order valence-corrected chi connectivity index (χ2v) is 5.18. The third-order valence-electron chi connectivity index (χ3n) is 3.87. The zero-order chi connectivity index (χ0) is 13.2. The summed E-state index contributed by atoms with van der Waals surface area (Å²) in [5.74, 6) is -0.220. The number of aromatic carboxylic acids is 1. The van der Waals surface area contributed by atoms with Crippen molar-refractivity contribution < 1.29 is 9.90 Å². The Morgan fingerprint density at radius 1 is 1.26 bits per heavy atom. The summed E-state index contributed by atoms with van der Waals surface area (Å²) in [6.45, 7) is 1.61. The number of carbonyl (C=O) groups is 1. The van der Waals surface area contributed by atoms with E-state index in [1.807, 2.05) is 6.07 Å². The van der Waals surface area contributed by atoms with Crippen LogP contribution >= 0.6 is 0 Å². The number of carboxylic acid groups (broad SMARTS) is 1. The second-order valence-electron chi connectivity index (χ2n) is 5.18. The lowest BCUT2D eigenvalue weighted by Crippen LogP contribution is -2.30. The number of nitrogens with zero attached hydrogens (tertiary/aromatic N) is 2. The maximum atomic E-state index is 11.5. The Labute approximate surface area is 112 Å². The van der Waals surface area contributed by atoms with Gasteiger partial charge in [0.25, 0.3) is 0 Å². The molecule has 3 rings (SSSR count). The summed E-state index contributed by atoms with van der Waals surface area (Å²) in [6.07, 6.45) is 9.41. The van der Waals surface area contributed by atoms with E-state index >= 15 is 0 Å². The number of aromatic nitrogens is 1. The van der Waals surface area contributed by atoms with Gasteiger partial charge in [0.1, 0.15) is 11.4 Å². The number of rotatable bonds is 2. The molecule has 1 aromatic rings. The van der Waals surface area contributed by atoms with Gasteiger partial charge in [0.15, 0.2) is 0 Å². The van der Waals surface area contributed by atoms with Gasteiger partial charge < -0.3 is 10.0 Å². The summed E-state index contributed by atoms with van der Waals surface area (Å²) in [4.78, 5) is 18.2. The molecule has 0 radical (unpaired) electrons. The van der Waals surface area contributed by atoms with Crippen LogP contribution in [0, 0.1) is 0 Å². The van der Waals surface area contributed by atoms with Gasteiger partial charge in [-0.1, -0.05) is 12.2 Å². The summed E-state index contributed by atoms with van der Waals surface area (Å²) in [5.41, 5.74) is 2.58. The Bertz CT molecular complexity index is 537. The summed E-state index contributed by atoms with van der Waals surface area (Å²) in [7, 11) is 0. The molecule has 0 spiro atoms. The lowest BCUT2D eigenvalue weighted by atomic mass is 9.94. The Hall–Kier alpha value is -1.84. The van der Waals surface area contributed by atoms with E-state index in [1.54, 1.807) is 0 Å². The molecule has 0 atom stereocenters. The van der Waals surface area contributed by atoms with Gasteiger partial charge in [0.05, 0.1) is 0 Å². The Kier molecular flexibility index (Phi) is 3.23. The lowest BCUT2D eigenvalue weighted by Gasteiger charge is -2.27. The van der Waals surface area contributed by atoms with Crippen molar-refractivity contribution in [2.45, 2.75) is 32.1 Å². The van der Waals surface area contributed by atoms with Crippen LogP contribution in [0.5, 0.6) is 0 Å². The third kappa shape index (κ3) is 2.35. The second kappa shape index (κ2) is 5.03. The number of fused-ring (bicyclic) bond motifs is 1. The highest BCUT2D eigenvalue weighted by Gasteiger charge is 2.22. The summed E-state index contributed by atoms with van der Waals surface area (Å²) in [5, 5.41) is 9.41. The average Bonchev–Trinajstić information content (AvgIpc) is 2.46. The van der Waals surface area contributed by atoms with Gasteiger partial charge in [-0.2, -0.15) is 0 Å². The minimum atomic E-state index is -0.870. The van der Waals surface area contributed by atoms with Gasteiger partial charge >= 0.3 is 5.97 Å². The molecule has 100 valence electrons. The minimum absolute atomic E-state index is 0.357. The first kappa shape index (κ1) is 12.2. The molecule has 0 amide bonds. The third-order valence-corrected chi connectivity index (χ3v) is 3.87. The maximum absolute atomic E-state index is 11.5. The molecule has 2 heterocycles. The highest BCUT2D eigenvalue weighted by Crippen LogP contribution is 2.27. The van der Waals surface area contributed by atoms with Crippen molar-refractivity contribution in [3.63, 3.8) is 0 Å². The Morgan fingerprint density at radius 2 is 2.11 bits per heavy atom. The molecular formula is C15H18N2O2. The largest absolute Gasteiger partial charge is 0.478 e. The first-order valence-corrected chi connectivity index (χ1v) is 6.92. The van der Waals surface area contributed by atoms with Crippen molar-refractivity contribution in [2.24, 2.45) is 0 Å². The molecular weight excluding hydrogens is 240 g/mol. The number of anilines is 1. The van der Waals surface area contributed by atoms with E-state index in [1.165, 1.54) is 0 Å². The molecule has 0 fully saturated rings. The molecule has 1 aliphatic carbocycles. The highest BCUT2D eigenvalue weighted by atomic mass is 16.4. The summed E-state index contributed by atoms with van der Waals surface area (Å²) < 4.78 is 0. The quantitative estimate of drug-likeness (QED) is 0.828. The molecule has 19 heavy (non-hydrogen) atoms. The number of carboxylic acids is 1. The standard InChI is InChI=1S/C15H18N2O2/c18-15(19)12-10-11-6-2-3-7-13(11)16-14(12)17-8-4-1-5-9-17/h1,4,10H,2-3,5-9H2,(H,18,19). The van der Waals surface area contributed by atoms with Crippen LogP contribution in [-0.2, 0) is 12.8 Å². The molecule has 4 heteroatoms. The van der Waals surface area contributed by atoms with Crippen LogP contribution in [0.4, 0.5) is 5.82 Å². The van der Waals surface area contributed by atoms with Crippen molar-refractivity contribution in [2.75, 3.05) is 18.0 Å². The fourth-order valence-corrected chi connectivity index (χ4v) is 2.85. The SMILES string of the molecule is O=C(O)c1cc2c(nc1N1CC=CCC1)CCCC2. The number of hydrogen-bond donors (Lipinski definition) is 1. The Morgan fingerprint density at radius 3 is 2.84 bits per heavy atom. The van der Waals surface area contributed by atoms with Crippen LogP contribution in [-0.4, -0.2) is 29.1 Å².